The van der Waals surface area contributed by atoms with Gasteiger partial charge in [-0.3, -0.25) is 9.20 Å². The number of piperidine rings is 1. The van der Waals surface area contributed by atoms with Crippen LogP contribution in [0.4, 0.5) is 20.3 Å². The van der Waals surface area contributed by atoms with Gasteiger partial charge >= 0.3 is 5.97 Å². The molecule has 1 aliphatic heterocycles. The predicted molar refractivity (Wildman–Crippen MR) is 127 cm³/mol. The molecule has 0 saturated carbocycles. The molecule has 34 heavy (non-hydrogen) atoms. The van der Waals surface area contributed by atoms with Crippen LogP contribution >= 0.6 is 0 Å². The number of rotatable bonds is 5. The van der Waals surface area contributed by atoms with Gasteiger partial charge in [0.2, 0.25) is 0 Å². The number of pyridine rings is 1. The van der Waals surface area contributed by atoms with Crippen LogP contribution < -0.4 is 15.8 Å². The van der Waals surface area contributed by atoms with Crippen LogP contribution in [0.15, 0.2) is 41.3 Å². The zero-order valence-electron chi connectivity index (χ0n) is 19.6. The molecule has 2 atom stereocenters. The van der Waals surface area contributed by atoms with Gasteiger partial charge in [0.05, 0.1) is 17.2 Å². The Hall–Kier alpha value is -3.49. The van der Waals surface area contributed by atoms with Crippen molar-refractivity contribution in [2.24, 2.45) is 0 Å². The normalized spacial score (nSPS) is 18.6. The molecule has 0 bridgehead atoms. The molecular formula is C25H28F2N4O3. The Labute approximate surface area is 196 Å². The Bertz CT molecular complexity index is 1320. The Morgan fingerprint density at radius 2 is 2.00 bits per heavy atom. The third-order valence-corrected chi connectivity index (χ3v) is 6.40. The van der Waals surface area contributed by atoms with Crippen LogP contribution in [0.3, 0.4) is 0 Å². The molecule has 0 aliphatic carbocycles. The van der Waals surface area contributed by atoms with E-state index in [2.05, 4.69) is 5.32 Å². The number of halogens is 2. The third kappa shape index (κ3) is 4.34. The van der Waals surface area contributed by atoms with Gasteiger partial charge in [-0.05, 0) is 51.5 Å². The standard InChI is InChI=1S/C25H28F2N4O3/c1-14-11-19(17(4)28-20-8-6-5-7-18(20)24(33)34)22-29-21(16(3)23(32)31(22)13-14)30-10-9-25(26,27)12-15(30)2/h5-8,11,13,15,17,28H,9-10,12H2,1-4H3,(H,33,34)/t15-,17+/m0/s1. The zero-order chi connectivity index (χ0) is 24.8. The minimum atomic E-state index is -2.73. The van der Waals surface area contributed by atoms with E-state index in [9.17, 15) is 23.5 Å². The monoisotopic (exact) mass is 470 g/mol. The van der Waals surface area contributed by atoms with Crippen molar-refractivity contribution in [3.05, 3.63) is 69.1 Å². The fourth-order valence-electron chi connectivity index (χ4n) is 4.65. The lowest BCUT2D eigenvalue weighted by Gasteiger charge is -2.39. The van der Waals surface area contributed by atoms with Gasteiger partial charge in [0.25, 0.3) is 11.5 Å². The largest absolute Gasteiger partial charge is 0.478 e. The number of carbonyl (C=O) groups is 1. The lowest BCUT2D eigenvalue weighted by molar-refractivity contribution is -0.0319. The molecule has 1 aliphatic rings. The Morgan fingerprint density at radius 3 is 2.68 bits per heavy atom. The van der Waals surface area contributed by atoms with E-state index in [4.69, 9.17) is 4.98 Å². The first-order chi connectivity index (χ1) is 16.0. The van der Waals surface area contributed by atoms with E-state index in [0.717, 1.165) is 5.56 Å². The summed E-state index contributed by atoms with van der Waals surface area (Å²) in [7, 11) is 0. The molecule has 7 nitrogen and oxygen atoms in total. The summed E-state index contributed by atoms with van der Waals surface area (Å²) in [4.78, 5) is 31.5. The molecule has 3 heterocycles. The van der Waals surface area contributed by atoms with Crippen LogP contribution in [0, 0.1) is 13.8 Å². The molecule has 1 saturated heterocycles. The van der Waals surface area contributed by atoms with E-state index in [-0.39, 0.29) is 36.6 Å². The van der Waals surface area contributed by atoms with Gasteiger partial charge < -0.3 is 15.3 Å². The van der Waals surface area contributed by atoms with Crippen molar-refractivity contribution in [3.8, 4) is 0 Å². The van der Waals surface area contributed by atoms with Gasteiger partial charge in [-0.15, -0.1) is 0 Å². The van der Waals surface area contributed by atoms with Crippen LogP contribution in [-0.4, -0.2) is 39.0 Å². The number of hydrogen-bond acceptors (Lipinski definition) is 5. The summed E-state index contributed by atoms with van der Waals surface area (Å²) in [6.07, 6.45) is 1.12. The van der Waals surface area contributed by atoms with Gasteiger partial charge in [0.15, 0.2) is 0 Å². The van der Waals surface area contributed by atoms with E-state index < -0.39 is 17.9 Å². The van der Waals surface area contributed by atoms with Crippen LogP contribution in [-0.2, 0) is 0 Å². The molecule has 180 valence electrons. The van der Waals surface area contributed by atoms with Crippen molar-refractivity contribution < 1.29 is 18.7 Å². The minimum absolute atomic E-state index is 0.110. The van der Waals surface area contributed by atoms with E-state index in [1.807, 2.05) is 19.9 Å². The first-order valence-corrected chi connectivity index (χ1v) is 11.3. The van der Waals surface area contributed by atoms with Crippen LogP contribution in [0.5, 0.6) is 0 Å². The molecule has 2 aromatic heterocycles. The van der Waals surface area contributed by atoms with Crippen molar-refractivity contribution in [2.75, 3.05) is 16.8 Å². The van der Waals surface area contributed by atoms with Crippen molar-refractivity contribution in [1.82, 2.24) is 9.38 Å². The van der Waals surface area contributed by atoms with Crippen LogP contribution in [0.25, 0.3) is 5.65 Å². The van der Waals surface area contributed by atoms with E-state index in [0.29, 0.717) is 28.3 Å². The maximum absolute atomic E-state index is 13.9. The molecule has 0 spiro atoms. The lowest BCUT2D eigenvalue weighted by Crippen LogP contribution is -2.47. The number of alkyl halides is 2. The number of hydrogen-bond donors (Lipinski definition) is 2. The van der Waals surface area contributed by atoms with Gasteiger partial charge in [-0.25, -0.2) is 18.6 Å². The topological polar surface area (TPSA) is 86.9 Å². The summed E-state index contributed by atoms with van der Waals surface area (Å²) in [6, 6.07) is 7.64. The molecule has 0 unspecified atom stereocenters. The Morgan fingerprint density at radius 1 is 1.29 bits per heavy atom. The average molecular weight is 471 g/mol. The number of carboxylic acid groups (broad SMARTS) is 1. The third-order valence-electron chi connectivity index (χ3n) is 6.40. The van der Waals surface area contributed by atoms with Crippen molar-refractivity contribution in [1.29, 1.82) is 0 Å². The fraction of sp³-hybridized carbons (Fsp3) is 0.400. The highest BCUT2D eigenvalue weighted by atomic mass is 19.3. The maximum atomic E-state index is 13.9. The molecule has 4 rings (SSSR count). The summed E-state index contributed by atoms with van der Waals surface area (Å²) in [5.74, 6) is -3.36. The van der Waals surface area contributed by atoms with Crippen LogP contribution in [0.1, 0.15) is 59.8 Å². The van der Waals surface area contributed by atoms with Gasteiger partial charge in [-0.2, -0.15) is 0 Å². The predicted octanol–water partition coefficient (Wildman–Crippen LogP) is 4.81. The van der Waals surface area contributed by atoms with E-state index >= 15 is 0 Å². The molecule has 3 aromatic rings. The van der Waals surface area contributed by atoms with Gasteiger partial charge in [-0.1, -0.05) is 12.1 Å². The number of carboxylic acids is 1. The van der Waals surface area contributed by atoms with Gasteiger partial charge in [0.1, 0.15) is 11.5 Å². The second kappa shape index (κ2) is 8.70. The van der Waals surface area contributed by atoms with Crippen LogP contribution in [0.2, 0.25) is 0 Å². The summed E-state index contributed by atoms with van der Waals surface area (Å²) in [5, 5.41) is 12.7. The van der Waals surface area contributed by atoms with E-state index in [1.54, 1.807) is 43.1 Å². The molecule has 1 fully saturated rings. The quantitative estimate of drug-likeness (QED) is 0.557. The smallest absolute Gasteiger partial charge is 0.337 e. The number of nitrogens with one attached hydrogen (secondary N) is 1. The number of anilines is 2. The number of nitrogens with zero attached hydrogens (tertiary/aromatic N) is 3. The number of aromatic nitrogens is 2. The number of aromatic carboxylic acids is 1. The SMILES string of the molecule is Cc1cc([C@@H](C)Nc2ccccc2C(=O)O)c2nc(N3CCC(F)(F)C[C@@H]3C)c(C)c(=O)n2c1. The molecule has 9 heteroatoms. The number of fused-ring (bicyclic) bond motifs is 1. The highest BCUT2D eigenvalue weighted by molar-refractivity contribution is 5.94. The zero-order valence-corrected chi connectivity index (χ0v) is 19.6. The fourth-order valence-corrected chi connectivity index (χ4v) is 4.65. The van der Waals surface area contributed by atoms with Crippen molar-refractivity contribution >= 4 is 23.1 Å². The average Bonchev–Trinajstić information content (AvgIpc) is 2.76. The molecule has 1 aromatic carbocycles. The second-order valence-electron chi connectivity index (χ2n) is 9.10. The second-order valence-corrected chi connectivity index (χ2v) is 9.10. The maximum Gasteiger partial charge on any atom is 0.337 e. The van der Waals surface area contributed by atoms with Crippen molar-refractivity contribution in [2.45, 2.75) is 58.5 Å². The number of benzene rings is 1. The minimum Gasteiger partial charge on any atom is -0.478 e. The highest BCUT2D eigenvalue weighted by Gasteiger charge is 2.39. The number of para-hydroxylation sites is 1. The highest BCUT2D eigenvalue weighted by Crippen LogP contribution is 2.35. The van der Waals surface area contributed by atoms with Crippen molar-refractivity contribution in [3.63, 3.8) is 0 Å². The van der Waals surface area contributed by atoms with E-state index in [1.165, 1.54) is 10.5 Å². The molecular weight excluding hydrogens is 442 g/mol. The molecule has 2 N–H and O–H groups in total. The first-order valence-electron chi connectivity index (χ1n) is 11.3. The summed E-state index contributed by atoms with van der Waals surface area (Å²) in [5.41, 5.74) is 2.68. The Balaban J connectivity index is 1.82. The number of aryl methyl sites for hydroxylation is 1. The molecule has 0 amide bonds. The summed E-state index contributed by atoms with van der Waals surface area (Å²) >= 11 is 0. The summed E-state index contributed by atoms with van der Waals surface area (Å²) < 4.78 is 29.3. The molecule has 0 radical (unpaired) electrons. The van der Waals surface area contributed by atoms with Gasteiger partial charge in [0, 0.05) is 42.9 Å². The lowest BCUT2D eigenvalue weighted by atomic mass is 9.99. The summed E-state index contributed by atoms with van der Waals surface area (Å²) in [6.45, 7) is 7.23. The Kier molecular flexibility index (Phi) is 6.05. The first kappa shape index (κ1) is 23.7.